The van der Waals surface area contributed by atoms with Crippen LogP contribution in [0.3, 0.4) is 0 Å². The predicted molar refractivity (Wildman–Crippen MR) is 119 cm³/mol. The third kappa shape index (κ3) is 5.42. The van der Waals surface area contributed by atoms with Gasteiger partial charge in [-0.1, -0.05) is 0 Å². The molecule has 9 nitrogen and oxygen atoms in total. The van der Waals surface area contributed by atoms with Crippen molar-refractivity contribution in [3.8, 4) is 0 Å². The molecule has 1 fully saturated rings. The highest BCUT2D eigenvalue weighted by atomic mass is 32.2. The molecule has 1 saturated heterocycles. The van der Waals surface area contributed by atoms with Gasteiger partial charge in [-0.3, -0.25) is 4.68 Å². The molecule has 1 N–H and O–H groups in total. The van der Waals surface area contributed by atoms with E-state index >= 15 is 0 Å². The fourth-order valence-corrected chi connectivity index (χ4v) is 5.28. The van der Waals surface area contributed by atoms with Crippen LogP contribution in [0.1, 0.15) is 56.3 Å². The zero-order valence-electron chi connectivity index (χ0n) is 18.4. The summed E-state index contributed by atoms with van der Waals surface area (Å²) >= 11 is 0. The van der Waals surface area contributed by atoms with Gasteiger partial charge in [0.1, 0.15) is 0 Å². The van der Waals surface area contributed by atoms with E-state index in [2.05, 4.69) is 39.6 Å². The van der Waals surface area contributed by atoms with Crippen LogP contribution in [0.2, 0.25) is 0 Å². The summed E-state index contributed by atoms with van der Waals surface area (Å²) in [6.07, 6.45) is 10.3. The molecule has 10 heteroatoms. The van der Waals surface area contributed by atoms with Gasteiger partial charge in [-0.15, -0.1) is 0 Å². The van der Waals surface area contributed by atoms with Gasteiger partial charge in [0.2, 0.25) is 16.0 Å². The van der Waals surface area contributed by atoms with Crippen molar-refractivity contribution in [1.29, 1.82) is 0 Å². The number of aryl methyl sites for hydroxylation is 1. The zero-order valence-corrected chi connectivity index (χ0v) is 19.3. The van der Waals surface area contributed by atoms with Gasteiger partial charge >= 0.3 is 0 Å². The first-order valence-corrected chi connectivity index (χ1v) is 12.9. The Morgan fingerprint density at radius 2 is 1.90 bits per heavy atom. The predicted octanol–water partition coefficient (Wildman–Crippen LogP) is 1.89. The molecule has 4 rings (SSSR count). The van der Waals surface area contributed by atoms with Crippen LogP contribution < -0.4 is 9.62 Å². The highest BCUT2D eigenvalue weighted by Crippen LogP contribution is 2.33. The third-order valence-corrected chi connectivity index (χ3v) is 6.82. The van der Waals surface area contributed by atoms with E-state index in [9.17, 15) is 8.42 Å². The third-order valence-electron chi connectivity index (χ3n) is 6.08. The zero-order chi connectivity index (χ0) is 22.0. The molecule has 170 valence electrons. The summed E-state index contributed by atoms with van der Waals surface area (Å²) in [5.41, 5.74) is 2.17. The van der Waals surface area contributed by atoms with Crippen molar-refractivity contribution < 1.29 is 13.2 Å². The van der Waals surface area contributed by atoms with Gasteiger partial charge in [-0.05, 0) is 51.2 Å². The Balaban J connectivity index is 1.42. The van der Waals surface area contributed by atoms with Crippen LogP contribution in [0.4, 0.5) is 5.95 Å². The van der Waals surface area contributed by atoms with Gasteiger partial charge in [0.25, 0.3) is 0 Å². The maximum atomic E-state index is 12.0. The maximum Gasteiger partial charge on any atom is 0.225 e. The molecule has 2 aromatic rings. The summed E-state index contributed by atoms with van der Waals surface area (Å²) in [5, 5.41) is 4.80. The Kier molecular flexibility index (Phi) is 6.59. The van der Waals surface area contributed by atoms with Gasteiger partial charge in [-0.25, -0.2) is 23.1 Å². The summed E-state index contributed by atoms with van der Waals surface area (Å²) in [5.74, 6) is 0.670. The number of nitrogens with zero attached hydrogens (tertiary/aromatic N) is 5. The summed E-state index contributed by atoms with van der Waals surface area (Å²) in [6, 6.07) is 1.88. The Bertz CT molecular complexity index is 970. The minimum Gasteiger partial charge on any atom is -0.377 e. The Labute approximate surface area is 184 Å². The minimum atomic E-state index is -3.31. The molecule has 0 spiro atoms. The fourth-order valence-electron chi connectivity index (χ4n) is 4.44. The summed E-state index contributed by atoms with van der Waals surface area (Å²) < 4.78 is 35.0. The molecule has 2 unspecified atom stereocenters. The lowest BCUT2D eigenvalue weighted by atomic mass is 9.84. The molecule has 2 aliphatic rings. The van der Waals surface area contributed by atoms with Gasteiger partial charge < -0.3 is 9.64 Å². The Hall–Kier alpha value is -2.04. The quantitative estimate of drug-likeness (QED) is 0.690. The molecule has 2 aromatic heterocycles. The van der Waals surface area contributed by atoms with Crippen LogP contribution in [0, 0.1) is 0 Å². The van der Waals surface area contributed by atoms with Crippen molar-refractivity contribution in [2.24, 2.45) is 0 Å². The lowest BCUT2D eigenvalue weighted by Gasteiger charge is -2.35. The van der Waals surface area contributed by atoms with E-state index in [1.807, 2.05) is 10.7 Å². The topological polar surface area (TPSA) is 102 Å². The number of piperidine rings is 1. The highest BCUT2D eigenvalue weighted by molar-refractivity contribution is 7.88. The maximum absolute atomic E-state index is 12.0. The smallest absolute Gasteiger partial charge is 0.225 e. The molecule has 1 aliphatic carbocycles. The standard InChI is InChI=1S/C21H32N6O3S/c1-15(2)27-13-16-5-6-19(25-31(3,28)29)18(20(16)24-27)14-30-17-7-11-26(12-8-17)21-22-9-4-10-23-21/h4,9-10,13,15,17-19,25H,5-8,11-12,14H2,1-3H3. The molecule has 2 atom stereocenters. The molecular formula is C21H32N6O3S. The number of fused-ring (bicyclic) bond motifs is 1. The number of nitrogens with one attached hydrogen (secondary N) is 1. The fraction of sp³-hybridized carbons (Fsp3) is 0.667. The average Bonchev–Trinajstić information content (AvgIpc) is 3.18. The van der Waals surface area contributed by atoms with Crippen LogP contribution in [0.5, 0.6) is 0 Å². The number of sulfonamides is 1. The van der Waals surface area contributed by atoms with Crippen LogP contribution in [0.25, 0.3) is 0 Å². The minimum absolute atomic E-state index is 0.0889. The van der Waals surface area contributed by atoms with E-state index in [0.717, 1.165) is 50.4 Å². The van der Waals surface area contributed by atoms with Crippen molar-refractivity contribution in [1.82, 2.24) is 24.5 Å². The molecule has 0 aromatic carbocycles. The number of aromatic nitrogens is 4. The van der Waals surface area contributed by atoms with Crippen LogP contribution >= 0.6 is 0 Å². The molecule has 0 bridgehead atoms. The number of ether oxygens (including phenoxy) is 1. The van der Waals surface area contributed by atoms with Crippen molar-refractivity contribution >= 4 is 16.0 Å². The molecule has 31 heavy (non-hydrogen) atoms. The Morgan fingerprint density at radius 3 is 2.55 bits per heavy atom. The van der Waals surface area contributed by atoms with Crippen molar-refractivity contribution in [3.05, 3.63) is 35.9 Å². The number of anilines is 1. The van der Waals surface area contributed by atoms with Gasteiger partial charge in [0.15, 0.2) is 0 Å². The Morgan fingerprint density at radius 1 is 1.19 bits per heavy atom. The normalized spacial score (nSPS) is 22.6. The van der Waals surface area contributed by atoms with Crippen LogP contribution in [0.15, 0.2) is 24.7 Å². The summed E-state index contributed by atoms with van der Waals surface area (Å²) in [7, 11) is -3.31. The molecule has 0 saturated carbocycles. The highest BCUT2D eigenvalue weighted by Gasteiger charge is 2.35. The molecule has 1 aliphatic heterocycles. The van der Waals surface area contributed by atoms with Gasteiger partial charge in [0, 0.05) is 49.7 Å². The molecule has 3 heterocycles. The van der Waals surface area contributed by atoms with Crippen molar-refractivity contribution in [2.75, 3.05) is 30.9 Å². The largest absolute Gasteiger partial charge is 0.377 e. The number of rotatable bonds is 7. The van der Waals surface area contributed by atoms with E-state index in [1.54, 1.807) is 12.4 Å². The summed E-state index contributed by atoms with van der Waals surface area (Å²) in [6.45, 7) is 6.35. The van der Waals surface area contributed by atoms with Gasteiger partial charge in [-0.2, -0.15) is 5.10 Å². The number of hydrogen-bond acceptors (Lipinski definition) is 7. The number of hydrogen-bond donors (Lipinski definition) is 1. The van der Waals surface area contributed by atoms with E-state index in [4.69, 9.17) is 9.84 Å². The first kappa shape index (κ1) is 22.2. The van der Waals surface area contributed by atoms with Crippen molar-refractivity contribution in [3.63, 3.8) is 0 Å². The second-order valence-electron chi connectivity index (χ2n) is 8.82. The monoisotopic (exact) mass is 448 g/mol. The van der Waals surface area contributed by atoms with Crippen LogP contribution in [-0.4, -0.2) is 66.3 Å². The van der Waals surface area contributed by atoms with Gasteiger partial charge in [0.05, 0.1) is 24.7 Å². The molecule has 0 radical (unpaired) electrons. The average molecular weight is 449 g/mol. The second kappa shape index (κ2) is 9.22. The first-order chi connectivity index (χ1) is 14.8. The van der Waals surface area contributed by atoms with E-state index in [0.29, 0.717) is 6.61 Å². The summed E-state index contributed by atoms with van der Waals surface area (Å²) in [4.78, 5) is 10.8. The molecular weight excluding hydrogens is 416 g/mol. The lowest BCUT2D eigenvalue weighted by molar-refractivity contribution is 0.0215. The van der Waals surface area contributed by atoms with E-state index < -0.39 is 10.0 Å². The first-order valence-electron chi connectivity index (χ1n) is 11.0. The van der Waals surface area contributed by atoms with Crippen molar-refractivity contribution in [2.45, 2.75) is 63.6 Å². The SMILES string of the molecule is CC(C)n1cc2c(n1)C(COC1CCN(c3ncccn3)CC1)C(NS(C)(=O)=O)CC2. The molecule has 0 amide bonds. The van der Waals surface area contributed by atoms with Crippen LogP contribution in [-0.2, 0) is 21.2 Å². The lowest BCUT2D eigenvalue weighted by Crippen LogP contribution is -2.44. The second-order valence-corrected chi connectivity index (χ2v) is 10.6. The van der Waals surface area contributed by atoms with E-state index in [1.165, 1.54) is 11.8 Å². The van der Waals surface area contributed by atoms with E-state index in [-0.39, 0.29) is 24.1 Å².